The summed E-state index contributed by atoms with van der Waals surface area (Å²) >= 11 is 0. The summed E-state index contributed by atoms with van der Waals surface area (Å²) < 4.78 is 5.35. The van der Waals surface area contributed by atoms with Gasteiger partial charge in [0.15, 0.2) is 0 Å². The van der Waals surface area contributed by atoms with Gasteiger partial charge in [-0.2, -0.15) is 0 Å². The van der Waals surface area contributed by atoms with Crippen molar-refractivity contribution in [1.82, 2.24) is 4.90 Å². The SMILES string of the molecule is COc1ccc(C)cc1/C=C/C(=O)Nc1ccc(N2CCN(C)CC2)c(C)c1. The van der Waals surface area contributed by atoms with E-state index in [4.69, 9.17) is 4.74 Å². The van der Waals surface area contributed by atoms with E-state index in [1.54, 1.807) is 19.3 Å². The molecule has 3 rings (SSSR count). The van der Waals surface area contributed by atoms with Gasteiger partial charge in [-0.3, -0.25) is 4.79 Å². The predicted octanol–water partition coefficient (Wildman–Crippen LogP) is 3.72. The average molecular weight is 380 g/mol. The van der Waals surface area contributed by atoms with Crippen LogP contribution in [0.2, 0.25) is 0 Å². The second-order valence-electron chi connectivity index (χ2n) is 7.36. The monoisotopic (exact) mass is 379 g/mol. The maximum absolute atomic E-state index is 12.3. The van der Waals surface area contributed by atoms with Gasteiger partial charge in [0, 0.05) is 49.2 Å². The lowest BCUT2D eigenvalue weighted by atomic mass is 10.1. The number of rotatable bonds is 5. The molecule has 0 bridgehead atoms. The molecule has 1 saturated heterocycles. The number of carbonyl (C=O) groups is 1. The Morgan fingerprint density at radius 2 is 1.82 bits per heavy atom. The van der Waals surface area contributed by atoms with Crippen LogP contribution in [0.25, 0.3) is 6.08 Å². The van der Waals surface area contributed by atoms with Crippen molar-refractivity contribution in [2.24, 2.45) is 0 Å². The summed E-state index contributed by atoms with van der Waals surface area (Å²) in [6.45, 7) is 8.32. The molecule has 5 heteroatoms. The van der Waals surface area contributed by atoms with Gasteiger partial charge < -0.3 is 19.9 Å². The van der Waals surface area contributed by atoms with Crippen molar-refractivity contribution in [3.63, 3.8) is 0 Å². The van der Waals surface area contributed by atoms with Crippen molar-refractivity contribution >= 4 is 23.4 Å². The van der Waals surface area contributed by atoms with E-state index in [1.165, 1.54) is 11.3 Å². The number of aryl methyl sites for hydroxylation is 2. The Bertz CT molecular complexity index is 868. The minimum atomic E-state index is -0.157. The molecule has 0 aliphatic carbocycles. The third-order valence-corrected chi connectivity index (χ3v) is 5.11. The quantitative estimate of drug-likeness (QED) is 0.805. The van der Waals surface area contributed by atoms with Crippen molar-refractivity contribution in [1.29, 1.82) is 0 Å². The number of carbonyl (C=O) groups excluding carboxylic acids is 1. The molecular formula is C23H29N3O2. The maximum atomic E-state index is 12.3. The molecule has 2 aromatic rings. The second kappa shape index (κ2) is 8.93. The first-order valence-electron chi connectivity index (χ1n) is 9.64. The lowest BCUT2D eigenvalue weighted by molar-refractivity contribution is -0.111. The highest BCUT2D eigenvalue weighted by Gasteiger charge is 2.16. The Morgan fingerprint density at radius 1 is 1.07 bits per heavy atom. The van der Waals surface area contributed by atoms with Gasteiger partial charge in [0.1, 0.15) is 5.75 Å². The Kier molecular flexibility index (Phi) is 6.37. The number of hydrogen-bond acceptors (Lipinski definition) is 4. The minimum absolute atomic E-state index is 0.157. The number of ether oxygens (including phenoxy) is 1. The molecule has 1 fully saturated rings. The van der Waals surface area contributed by atoms with Crippen LogP contribution in [0.5, 0.6) is 5.75 Å². The summed E-state index contributed by atoms with van der Waals surface area (Å²) in [5.41, 5.74) is 5.23. The third-order valence-electron chi connectivity index (χ3n) is 5.11. The molecule has 0 aromatic heterocycles. The molecule has 0 unspecified atom stereocenters. The topological polar surface area (TPSA) is 44.8 Å². The highest BCUT2D eigenvalue weighted by molar-refractivity contribution is 6.02. The number of piperazine rings is 1. The predicted molar refractivity (Wildman–Crippen MR) is 116 cm³/mol. The number of amides is 1. The Labute approximate surface area is 167 Å². The van der Waals surface area contributed by atoms with Crippen LogP contribution in [-0.2, 0) is 4.79 Å². The first-order valence-corrected chi connectivity index (χ1v) is 9.64. The largest absolute Gasteiger partial charge is 0.496 e. The summed E-state index contributed by atoms with van der Waals surface area (Å²) in [7, 11) is 3.79. The number of benzene rings is 2. The number of nitrogens with zero attached hydrogens (tertiary/aromatic N) is 2. The van der Waals surface area contributed by atoms with E-state index in [0.29, 0.717) is 0 Å². The summed E-state index contributed by atoms with van der Waals surface area (Å²) in [4.78, 5) is 17.1. The van der Waals surface area contributed by atoms with Crippen molar-refractivity contribution in [2.45, 2.75) is 13.8 Å². The van der Waals surface area contributed by atoms with Gasteiger partial charge in [-0.15, -0.1) is 0 Å². The van der Waals surface area contributed by atoms with E-state index in [-0.39, 0.29) is 5.91 Å². The number of anilines is 2. The fourth-order valence-electron chi connectivity index (χ4n) is 3.47. The molecule has 1 aliphatic rings. The molecule has 0 radical (unpaired) electrons. The minimum Gasteiger partial charge on any atom is -0.496 e. The number of methoxy groups -OCH3 is 1. The van der Waals surface area contributed by atoms with E-state index in [0.717, 1.165) is 48.7 Å². The van der Waals surface area contributed by atoms with Crippen molar-refractivity contribution in [3.05, 3.63) is 59.2 Å². The first kappa shape index (κ1) is 20.0. The molecule has 1 amide bonds. The number of nitrogens with one attached hydrogen (secondary N) is 1. The zero-order valence-corrected chi connectivity index (χ0v) is 17.2. The van der Waals surface area contributed by atoms with Crippen LogP contribution in [0.3, 0.4) is 0 Å². The van der Waals surface area contributed by atoms with E-state index in [2.05, 4.69) is 35.2 Å². The van der Waals surface area contributed by atoms with Crippen LogP contribution in [-0.4, -0.2) is 51.1 Å². The second-order valence-corrected chi connectivity index (χ2v) is 7.36. The molecule has 148 valence electrons. The summed E-state index contributed by atoms with van der Waals surface area (Å²) in [5.74, 6) is 0.595. The van der Waals surface area contributed by atoms with Gasteiger partial charge in [0.25, 0.3) is 0 Å². The molecule has 1 heterocycles. The Balaban J connectivity index is 1.66. The van der Waals surface area contributed by atoms with Crippen LogP contribution in [0, 0.1) is 13.8 Å². The molecule has 1 N–H and O–H groups in total. The van der Waals surface area contributed by atoms with Gasteiger partial charge in [0.05, 0.1) is 7.11 Å². The molecular weight excluding hydrogens is 350 g/mol. The molecule has 0 atom stereocenters. The smallest absolute Gasteiger partial charge is 0.248 e. The van der Waals surface area contributed by atoms with Gasteiger partial charge in [0.2, 0.25) is 5.91 Å². The van der Waals surface area contributed by atoms with Crippen molar-refractivity contribution in [2.75, 3.05) is 50.6 Å². The lowest BCUT2D eigenvalue weighted by Gasteiger charge is -2.35. The summed E-state index contributed by atoms with van der Waals surface area (Å²) in [6.07, 6.45) is 3.33. The van der Waals surface area contributed by atoms with Gasteiger partial charge in [-0.25, -0.2) is 0 Å². The number of likely N-dealkylation sites (N-methyl/N-ethyl adjacent to an activating group) is 1. The molecule has 2 aromatic carbocycles. The first-order chi connectivity index (χ1) is 13.5. The zero-order chi connectivity index (χ0) is 20.1. The Hall–Kier alpha value is -2.79. The Morgan fingerprint density at radius 3 is 2.50 bits per heavy atom. The zero-order valence-electron chi connectivity index (χ0n) is 17.2. The van der Waals surface area contributed by atoms with Crippen LogP contribution < -0.4 is 15.0 Å². The third kappa shape index (κ3) is 4.93. The molecule has 5 nitrogen and oxygen atoms in total. The lowest BCUT2D eigenvalue weighted by Crippen LogP contribution is -2.44. The van der Waals surface area contributed by atoms with Crippen LogP contribution >= 0.6 is 0 Å². The normalized spacial score (nSPS) is 15.1. The average Bonchev–Trinajstić information content (AvgIpc) is 2.67. The fraction of sp³-hybridized carbons (Fsp3) is 0.348. The van der Waals surface area contributed by atoms with Crippen LogP contribution in [0.1, 0.15) is 16.7 Å². The van der Waals surface area contributed by atoms with Gasteiger partial charge in [-0.05, 0) is 62.9 Å². The van der Waals surface area contributed by atoms with E-state index in [9.17, 15) is 4.79 Å². The van der Waals surface area contributed by atoms with Gasteiger partial charge >= 0.3 is 0 Å². The van der Waals surface area contributed by atoms with E-state index in [1.807, 2.05) is 37.3 Å². The summed E-state index contributed by atoms with van der Waals surface area (Å²) in [6, 6.07) is 12.0. The molecule has 0 saturated carbocycles. The maximum Gasteiger partial charge on any atom is 0.248 e. The van der Waals surface area contributed by atoms with Crippen LogP contribution in [0.15, 0.2) is 42.5 Å². The van der Waals surface area contributed by atoms with E-state index < -0.39 is 0 Å². The van der Waals surface area contributed by atoms with Crippen molar-refractivity contribution in [3.8, 4) is 5.75 Å². The van der Waals surface area contributed by atoms with E-state index >= 15 is 0 Å². The number of hydrogen-bond donors (Lipinski definition) is 1. The highest BCUT2D eigenvalue weighted by Crippen LogP contribution is 2.25. The highest BCUT2D eigenvalue weighted by atomic mass is 16.5. The van der Waals surface area contributed by atoms with Crippen LogP contribution in [0.4, 0.5) is 11.4 Å². The fourth-order valence-corrected chi connectivity index (χ4v) is 3.47. The standard InChI is InChI=1S/C23H29N3O2/c1-17-5-9-22(28-4)19(15-17)6-10-23(27)24-20-7-8-21(18(2)16-20)26-13-11-25(3)12-14-26/h5-10,15-16H,11-14H2,1-4H3,(H,24,27)/b10-6+. The van der Waals surface area contributed by atoms with Crippen molar-refractivity contribution < 1.29 is 9.53 Å². The molecule has 0 spiro atoms. The molecule has 28 heavy (non-hydrogen) atoms. The van der Waals surface area contributed by atoms with Gasteiger partial charge in [-0.1, -0.05) is 11.6 Å². The summed E-state index contributed by atoms with van der Waals surface area (Å²) in [5, 5.41) is 2.95. The molecule has 1 aliphatic heterocycles.